The third kappa shape index (κ3) is 3.95. The Labute approximate surface area is 111 Å². The lowest BCUT2D eigenvalue weighted by Gasteiger charge is -2.32. The van der Waals surface area contributed by atoms with Crippen molar-refractivity contribution in [2.24, 2.45) is 17.1 Å². The lowest BCUT2D eigenvalue weighted by molar-refractivity contribution is -0.128. The van der Waals surface area contributed by atoms with Crippen LogP contribution in [-0.2, 0) is 9.53 Å². The van der Waals surface area contributed by atoms with Crippen LogP contribution >= 0.6 is 0 Å². The molecule has 0 aromatic carbocycles. The summed E-state index contributed by atoms with van der Waals surface area (Å²) in [7, 11) is 0. The third-order valence-electron chi connectivity index (χ3n) is 3.81. The van der Waals surface area contributed by atoms with Crippen LogP contribution in [0.5, 0.6) is 0 Å². The SMILES string of the molecule is CC1OCCC1(C)NC(=O)C(CN)CC(C)(C)C. The molecule has 1 aliphatic rings. The highest BCUT2D eigenvalue weighted by atomic mass is 16.5. The first kappa shape index (κ1) is 15.4. The molecule has 0 saturated carbocycles. The summed E-state index contributed by atoms with van der Waals surface area (Å²) in [6.07, 6.45) is 1.74. The number of hydrogen-bond donors (Lipinski definition) is 2. The molecule has 0 aromatic rings. The van der Waals surface area contributed by atoms with Crippen LogP contribution in [0, 0.1) is 11.3 Å². The van der Waals surface area contributed by atoms with Gasteiger partial charge < -0.3 is 15.8 Å². The van der Waals surface area contributed by atoms with Gasteiger partial charge in [-0.15, -0.1) is 0 Å². The number of amides is 1. The maximum atomic E-state index is 12.3. The molecule has 0 aliphatic carbocycles. The monoisotopic (exact) mass is 256 g/mol. The van der Waals surface area contributed by atoms with Crippen molar-refractivity contribution in [1.29, 1.82) is 0 Å². The van der Waals surface area contributed by atoms with Crippen LogP contribution in [0.1, 0.15) is 47.5 Å². The minimum absolute atomic E-state index is 0.0623. The first-order chi connectivity index (χ1) is 8.18. The average molecular weight is 256 g/mol. The molecular weight excluding hydrogens is 228 g/mol. The van der Waals surface area contributed by atoms with Gasteiger partial charge >= 0.3 is 0 Å². The Balaban J connectivity index is 2.63. The highest BCUT2D eigenvalue weighted by molar-refractivity contribution is 5.79. The molecule has 106 valence electrons. The number of carbonyl (C=O) groups is 1. The quantitative estimate of drug-likeness (QED) is 0.804. The first-order valence-corrected chi connectivity index (χ1v) is 6.82. The minimum atomic E-state index is -0.248. The van der Waals surface area contributed by atoms with Crippen molar-refractivity contribution in [1.82, 2.24) is 5.32 Å². The van der Waals surface area contributed by atoms with Crippen LogP contribution < -0.4 is 11.1 Å². The molecule has 1 heterocycles. The van der Waals surface area contributed by atoms with Crippen molar-refractivity contribution >= 4 is 5.91 Å². The maximum Gasteiger partial charge on any atom is 0.224 e. The van der Waals surface area contributed by atoms with Crippen molar-refractivity contribution in [2.75, 3.05) is 13.2 Å². The molecule has 0 aromatic heterocycles. The van der Waals surface area contributed by atoms with Gasteiger partial charge in [-0.3, -0.25) is 4.79 Å². The summed E-state index contributed by atoms with van der Waals surface area (Å²) in [5.41, 5.74) is 5.60. The van der Waals surface area contributed by atoms with Gasteiger partial charge in [0, 0.05) is 13.2 Å². The van der Waals surface area contributed by atoms with Gasteiger partial charge in [-0.25, -0.2) is 0 Å². The molecule has 0 radical (unpaired) electrons. The normalized spacial score (nSPS) is 30.2. The molecule has 3 atom stereocenters. The zero-order chi connectivity index (χ0) is 14.0. The molecule has 0 bridgehead atoms. The van der Waals surface area contributed by atoms with Crippen molar-refractivity contribution in [2.45, 2.75) is 59.1 Å². The summed E-state index contributed by atoms with van der Waals surface area (Å²) in [4.78, 5) is 12.3. The van der Waals surface area contributed by atoms with Crippen molar-refractivity contribution < 1.29 is 9.53 Å². The molecule has 1 fully saturated rings. The molecular formula is C14H28N2O2. The van der Waals surface area contributed by atoms with Gasteiger partial charge in [0.1, 0.15) is 0 Å². The smallest absolute Gasteiger partial charge is 0.224 e. The van der Waals surface area contributed by atoms with E-state index in [2.05, 4.69) is 26.1 Å². The van der Waals surface area contributed by atoms with Gasteiger partial charge in [0.2, 0.25) is 5.91 Å². The molecule has 3 unspecified atom stereocenters. The first-order valence-electron chi connectivity index (χ1n) is 6.82. The molecule has 1 saturated heterocycles. The highest BCUT2D eigenvalue weighted by Crippen LogP contribution is 2.28. The Morgan fingerprint density at radius 2 is 2.17 bits per heavy atom. The van der Waals surface area contributed by atoms with E-state index >= 15 is 0 Å². The van der Waals surface area contributed by atoms with Gasteiger partial charge in [0.05, 0.1) is 17.6 Å². The number of nitrogens with two attached hydrogens (primary N) is 1. The summed E-state index contributed by atoms with van der Waals surface area (Å²) in [5.74, 6) is -0.0538. The van der Waals surface area contributed by atoms with Crippen LogP contribution in [0.25, 0.3) is 0 Å². The standard InChI is InChI=1S/C14H28N2O2/c1-10-14(5,6-7-18-10)16-12(17)11(9-15)8-13(2,3)4/h10-11H,6-9,15H2,1-5H3,(H,16,17). The number of rotatable bonds is 4. The van der Waals surface area contributed by atoms with Crippen molar-refractivity contribution in [3.63, 3.8) is 0 Å². The molecule has 4 nitrogen and oxygen atoms in total. The van der Waals surface area contributed by atoms with Crippen LogP contribution in [-0.4, -0.2) is 30.7 Å². The number of hydrogen-bond acceptors (Lipinski definition) is 3. The minimum Gasteiger partial charge on any atom is -0.376 e. The number of nitrogens with one attached hydrogen (secondary N) is 1. The topological polar surface area (TPSA) is 64.3 Å². The average Bonchev–Trinajstić information content (AvgIpc) is 2.54. The molecule has 1 aliphatic heterocycles. The Kier molecular flexibility index (Phi) is 4.78. The van der Waals surface area contributed by atoms with Crippen molar-refractivity contribution in [3.8, 4) is 0 Å². The van der Waals surface area contributed by atoms with E-state index in [1.165, 1.54) is 0 Å². The summed E-state index contributed by atoms with van der Waals surface area (Å²) in [5, 5.41) is 3.13. The summed E-state index contributed by atoms with van der Waals surface area (Å²) in [6, 6.07) is 0. The van der Waals surface area contributed by atoms with E-state index in [0.717, 1.165) is 12.8 Å². The van der Waals surface area contributed by atoms with Gasteiger partial charge in [-0.2, -0.15) is 0 Å². The van der Waals surface area contributed by atoms with Crippen LogP contribution in [0.3, 0.4) is 0 Å². The zero-order valence-electron chi connectivity index (χ0n) is 12.4. The van der Waals surface area contributed by atoms with E-state index in [-0.39, 0.29) is 28.9 Å². The van der Waals surface area contributed by atoms with E-state index < -0.39 is 0 Å². The summed E-state index contributed by atoms with van der Waals surface area (Å²) < 4.78 is 5.54. The van der Waals surface area contributed by atoms with Gasteiger partial charge in [0.15, 0.2) is 0 Å². The number of carbonyl (C=O) groups excluding carboxylic acids is 1. The summed E-state index contributed by atoms with van der Waals surface area (Å²) >= 11 is 0. The predicted molar refractivity (Wildman–Crippen MR) is 73.2 cm³/mol. The van der Waals surface area contributed by atoms with E-state index in [0.29, 0.717) is 13.2 Å². The summed E-state index contributed by atoms with van der Waals surface area (Å²) in [6.45, 7) is 11.6. The third-order valence-corrected chi connectivity index (χ3v) is 3.81. The Bertz CT molecular complexity index is 299. The molecule has 18 heavy (non-hydrogen) atoms. The van der Waals surface area contributed by atoms with E-state index in [1.54, 1.807) is 0 Å². The number of ether oxygens (including phenoxy) is 1. The lowest BCUT2D eigenvalue weighted by Crippen LogP contribution is -2.53. The van der Waals surface area contributed by atoms with Gasteiger partial charge in [0.25, 0.3) is 0 Å². The zero-order valence-corrected chi connectivity index (χ0v) is 12.4. The van der Waals surface area contributed by atoms with Gasteiger partial charge in [-0.05, 0) is 32.1 Å². The van der Waals surface area contributed by atoms with Gasteiger partial charge in [-0.1, -0.05) is 20.8 Å². The van der Waals surface area contributed by atoms with Crippen LogP contribution in [0.15, 0.2) is 0 Å². The fraction of sp³-hybridized carbons (Fsp3) is 0.929. The van der Waals surface area contributed by atoms with E-state index in [9.17, 15) is 4.79 Å². The largest absolute Gasteiger partial charge is 0.376 e. The predicted octanol–water partition coefficient (Wildman–Crippen LogP) is 1.68. The molecule has 1 rings (SSSR count). The fourth-order valence-electron chi connectivity index (χ4n) is 2.40. The Morgan fingerprint density at radius 1 is 1.56 bits per heavy atom. The fourth-order valence-corrected chi connectivity index (χ4v) is 2.40. The lowest BCUT2D eigenvalue weighted by atomic mass is 9.83. The second-order valence-electron chi connectivity index (χ2n) is 6.87. The highest BCUT2D eigenvalue weighted by Gasteiger charge is 2.39. The Morgan fingerprint density at radius 3 is 2.56 bits per heavy atom. The van der Waals surface area contributed by atoms with E-state index in [1.807, 2.05) is 13.8 Å². The molecule has 4 heteroatoms. The maximum absolute atomic E-state index is 12.3. The van der Waals surface area contributed by atoms with Crippen LogP contribution in [0.2, 0.25) is 0 Å². The van der Waals surface area contributed by atoms with Crippen molar-refractivity contribution in [3.05, 3.63) is 0 Å². The Hall–Kier alpha value is -0.610. The molecule has 0 spiro atoms. The van der Waals surface area contributed by atoms with Crippen LogP contribution in [0.4, 0.5) is 0 Å². The second-order valence-corrected chi connectivity index (χ2v) is 6.87. The van der Waals surface area contributed by atoms with E-state index in [4.69, 9.17) is 10.5 Å². The second kappa shape index (κ2) is 5.57. The molecule has 1 amide bonds. The molecule has 3 N–H and O–H groups in total.